The van der Waals surface area contributed by atoms with Gasteiger partial charge in [0.25, 0.3) is 0 Å². The molecule has 1 aliphatic rings. The predicted molar refractivity (Wildman–Crippen MR) is 86.2 cm³/mol. The zero-order chi connectivity index (χ0) is 16.7. The molecule has 8 heteroatoms. The Morgan fingerprint density at radius 1 is 1.30 bits per heavy atom. The Labute approximate surface area is 136 Å². The van der Waals surface area contributed by atoms with Crippen LogP contribution in [-0.2, 0) is 16.1 Å². The number of amides is 2. The third kappa shape index (κ3) is 4.95. The number of hydrogen-bond donors (Lipinski definition) is 1. The first kappa shape index (κ1) is 17.3. The first-order valence-corrected chi connectivity index (χ1v) is 8.01. The number of carbonyl (C=O) groups excluding carboxylic acids is 2. The Morgan fingerprint density at radius 2 is 2.13 bits per heavy atom. The van der Waals surface area contributed by atoms with Crippen molar-refractivity contribution in [1.29, 1.82) is 0 Å². The van der Waals surface area contributed by atoms with E-state index in [1.807, 2.05) is 4.90 Å². The van der Waals surface area contributed by atoms with Gasteiger partial charge in [0, 0.05) is 38.8 Å². The van der Waals surface area contributed by atoms with E-state index in [0.29, 0.717) is 25.5 Å². The summed E-state index contributed by atoms with van der Waals surface area (Å²) in [5, 5.41) is 7.12. The van der Waals surface area contributed by atoms with Gasteiger partial charge in [0.15, 0.2) is 0 Å². The number of aromatic nitrogens is 2. The second-order valence-electron chi connectivity index (χ2n) is 5.56. The highest BCUT2D eigenvalue weighted by molar-refractivity contribution is 5.88. The van der Waals surface area contributed by atoms with E-state index < -0.39 is 0 Å². The van der Waals surface area contributed by atoms with Crippen LogP contribution in [0.1, 0.15) is 19.8 Å². The molecule has 8 nitrogen and oxygen atoms in total. The van der Waals surface area contributed by atoms with Gasteiger partial charge >= 0.3 is 12.0 Å². The molecule has 0 bridgehead atoms. The van der Waals surface area contributed by atoms with Gasteiger partial charge in [0.1, 0.15) is 5.82 Å². The Bertz CT molecular complexity index is 531. The highest BCUT2D eigenvalue weighted by atomic mass is 16.5. The van der Waals surface area contributed by atoms with Crippen LogP contribution in [0.2, 0.25) is 0 Å². The van der Waals surface area contributed by atoms with Crippen LogP contribution in [0.5, 0.6) is 0 Å². The third-order valence-electron chi connectivity index (χ3n) is 3.84. The number of aryl methyl sites for hydroxylation is 1. The van der Waals surface area contributed by atoms with Crippen LogP contribution in [0, 0.1) is 0 Å². The van der Waals surface area contributed by atoms with Crippen molar-refractivity contribution in [2.75, 3.05) is 45.2 Å². The lowest BCUT2D eigenvalue weighted by molar-refractivity contribution is -0.141. The fourth-order valence-electron chi connectivity index (χ4n) is 2.60. The average Bonchev–Trinajstić information content (AvgIpc) is 2.83. The van der Waals surface area contributed by atoms with Gasteiger partial charge in [-0.3, -0.25) is 15.0 Å². The van der Waals surface area contributed by atoms with Crippen LogP contribution in [0.25, 0.3) is 0 Å². The van der Waals surface area contributed by atoms with Crippen LogP contribution in [-0.4, -0.2) is 71.4 Å². The quantitative estimate of drug-likeness (QED) is 0.818. The minimum atomic E-state index is -0.244. The number of carbonyl (C=O) groups is 2. The fraction of sp³-hybridized carbons (Fsp3) is 0.667. The summed E-state index contributed by atoms with van der Waals surface area (Å²) in [7, 11) is 1.39. The molecule has 0 atom stereocenters. The summed E-state index contributed by atoms with van der Waals surface area (Å²) in [6.45, 7) is 5.82. The zero-order valence-electron chi connectivity index (χ0n) is 13.8. The number of nitrogens with zero attached hydrogens (tertiary/aromatic N) is 4. The van der Waals surface area contributed by atoms with Crippen LogP contribution >= 0.6 is 0 Å². The van der Waals surface area contributed by atoms with Crippen molar-refractivity contribution < 1.29 is 14.3 Å². The minimum Gasteiger partial charge on any atom is -0.468 e. The largest absolute Gasteiger partial charge is 0.468 e. The van der Waals surface area contributed by atoms with Gasteiger partial charge in [-0.25, -0.2) is 9.48 Å². The van der Waals surface area contributed by atoms with E-state index in [0.717, 1.165) is 25.9 Å². The maximum Gasteiger partial charge on any atom is 0.323 e. The number of hydrogen-bond acceptors (Lipinski definition) is 5. The highest BCUT2D eigenvalue weighted by Crippen LogP contribution is 2.10. The molecule has 0 aromatic carbocycles. The SMILES string of the molecule is CCCn1nccc1NC(=O)N1CCCN(CC(=O)OC)CC1. The summed E-state index contributed by atoms with van der Waals surface area (Å²) in [6.07, 6.45) is 3.47. The van der Waals surface area contributed by atoms with Crippen molar-refractivity contribution in [3.05, 3.63) is 12.3 Å². The number of ether oxygens (including phenoxy) is 1. The summed E-state index contributed by atoms with van der Waals surface area (Å²) in [5.74, 6) is 0.471. The Kier molecular flexibility index (Phi) is 6.40. The molecule has 2 rings (SSSR count). The molecule has 1 fully saturated rings. The molecule has 0 unspecified atom stereocenters. The number of esters is 1. The molecule has 23 heavy (non-hydrogen) atoms. The zero-order valence-corrected chi connectivity index (χ0v) is 13.8. The van der Waals surface area contributed by atoms with Gasteiger partial charge < -0.3 is 9.64 Å². The topological polar surface area (TPSA) is 79.7 Å². The van der Waals surface area contributed by atoms with Crippen molar-refractivity contribution in [2.24, 2.45) is 0 Å². The number of urea groups is 1. The van der Waals surface area contributed by atoms with Crippen LogP contribution in [0.4, 0.5) is 10.6 Å². The third-order valence-corrected chi connectivity index (χ3v) is 3.84. The molecule has 0 saturated carbocycles. The first-order chi connectivity index (χ1) is 11.1. The summed E-state index contributed by atoms with van der Waals surface area (Å²) in [4.78, 5) is 27.6. The van der Waals surface area contributed by atoms with E-state index in [9.17, 15) is 9.59 Å². The maximum atomic E-state index is 12.4. The summed E-state index contributed by atoms with van der Waals surface area (Å²) in [5.41, 5.74) is 0. The molecule has 128 valence electrons. The number of anilines is 1. The smallest absolute Gasteiger partial charge is 0.323 e. The average molecular weight is 323 g/mol. The lowest BCUT2D eigenvalue weighted by Gasteiger charge is -2.22. The molecule has 1 saturated heterocycles. The molecule has 2 heterocycles. The molecule has 0 aliphatic carbocycles. The van der Waals surface area contributed by atoms with E-state index in [4.69, 9.17) is 4.74 Å². The van der Waals surface area contributed by atoms with E-state index >= 15 is 0 Å². The van der Waals surface area contributed by atoms with Crippen molar-refractivity contribution in [2.45, 2.75) is 26.3 Å². The monoisotopic (exact) mass is 323 g/mol. The Hall–Kier alpha value is -2.09. The lowest BCUT2D eigenvalue weighted by atomic mass is 10.4. The van der Waals surface area contributed by atoms with Gasteiger partial charge in [-0.1, -0.05) is 6.92 Å². The molecule has 1 N–H and O–H groups in total. The standard InChI is InChI=1S/C15H25N5O3/c1-3-7-20-13(5-6-16-20)17-15(22)19-9-4-8-18(10-11-19)12-14(21)23-2/h5-6H,3-4,7-12H2,1-2H3,(H,17,22). The molecular weight excluding hydrogens is 298 g/mol. The second kappa shape index (κ2) is 8.52. The summed E-state index contributed by atoms with van der Waals surface area (Å²) < 4.78 is 6.48. The van der Waals surface area contributed by atoms with Crippen molar-refractivity contribution >= 4 is 17.8 Å². The van der Waals surface area contributed by atoms with Gasteiger partial charge in [0.05, 0.1) is 19.9 Å². The summed E-state index contributed by atoms with van der Waals surface area (Å²) in [6, 6.07) is 1.68. The number of nitrogens with one attached hydrogen (secondary N) is 1. The first-order valence-electron chi connectivity index (χ1n) is 8.01. The van der Waals surface area contributed by atoms with Crippen LogP contribution < -0.4 is 5.32 Å². The summed E-state index contributed by atoms with van der Waals surface area (Å²) >= 11 is 0. The van der Waals surface area contributed by atoms with E-state index in [-0.39, 0.29) is 18.5 Å². The van der Waals surface area contributed by atoms with Gasteiger partial charge in [-0.05, 0) is 12.8 Å². The van der Waals surface area contributed by atoms with Gasteiger partial charge in [-0.2, -0.15) is 5.10 Å². The van der Waals surface area contributed by atoms with Crippen LogP contribution in [0.15, 0.2) is 12.3 Å². The molecular formula is C15H25N5O3. The van der Waals surface area contributed by atoms with E-state index in [1.165, 1.54) is 7.11 Å². The highest BCUT2D eigenvalue weighted by Gasteiger charge is 2.21. The van der Waals surface area contributed by atoms with E-state index in [1.54, 1.807) is 21.8 Å². The normalized spacial score (nSPS) is 16.0. The molecule has 0 radical (unpaired) electrons. The lowest BCUT2D eigenvalue weighted by Crippen LogP contribution is -2.39. The Morgan fingerprint density at radius 3 is 2.87 bits per heavy atom. The maximum absolute atomic E-state index is 12.4. The molecule has 0 spiro atoms. The van der Waals surface area contributed by atoms with Crippen molar-refractivity contribution in [3.8, 4) is 0 Å². The number of rotatable bonds is 5. The van der Waals surface area contributed by atoms with E-state index in [2.05, 4.69) is 17.3 Å². The molecule has 1 aromatic rings. The van der Waals surface area contributed by atoms with Crippen molar-refractivity contribution in [3.63, 3.8) is 0 Å². The molecule has 2 amide bonds. The number of methoxy groups -OCH3 is 1. The minimum absolute atomic E-state index is 0.122. The predicted octanol–water partition coefficient (Wildman–Crippen LogP) is 1.01. The molecule has 1 aliphatic heterocycles. The molecule has 1 aromatic heterocycles. The van der Waals surface area contributed by atoms with Gasteiger partial charge in [-0.15, -0.1) is 0 Å². The second-order valence-corrected chi connectivity index (χ2v) is 5.56. The fourth-order valence-corrected chi connectivity index (χ4v) is 2.60. The Balaban J connectivity index is 1.87. The van der Waals surface area contributed by atoms with Crippen LogP contribution in [0.3, 0.4) is 0 Å². The van der Waals surface area contributed by atoms with Gasteiger partial charge in [0.2, 0.25) is 0 Å². The van der Waals surface area contributed by atoms with Crippen molar-refractivity contribution in [1.82, 2.24) is 19.6 Å².